The van der Waals surface area contributed by atoms with Crippen LogP contribution in [-0.4, -0.2) is 12.5 Å². The zero-order valence-electron chi connectivity index (χ0n) is 12.0. The molecule has 0 N–H and O–H groups in total. The molecular formula is C17H14BrF2NO. The Morgan fingerprint density at radius 2 is 2.00 bits per heavy atom. The highest BCUT2D eigenvalue weighted by Crippen LogP contribution is 2.34. The monoisotopic (exact) mass is 365 g/mol. The number of halogens is 3. The lowest BCUT2D eigenvalue weighted by Gasteiger charge is -2.30. The van der Waals surface area contributed by atoms with E-state index in [1.165, 1.54) is 23.1 Å². The molecule has 0 unspecified atom stereocenters. The number of benzene rings is 2. The molecule has 0 bridgehead atoms. The summed E-state index contributed by atoms with van der Waals surface area (Å²) in [5.74, 6) is -1.27. The van der Waals surface area contributed by atoms with Crippen LogP contribution in [0.25, 0.3) is 0 Å². The van der Waals surface area contributed by atoms with E-state index in [0.29, 0.717) is 22.3 Å². The van der Waals surface area contributed by atoms with E-state index in [1.807, 2.05) is 6.07 Å². The molecule has 1 aliphatic heterocycles. The molecule has 0 saturated heterocycles. The van der Waals surface area contributed by atoms with Crippen molar-refractivity contribution in [2.24, 2.45) is 0 Å². The maximum atomic E-state index is 14.3. The molecule has 5 heteroatoms. The largest absolute Gasteiger partial charge is 0.305 e. The van der Waals surface area contributed by atoms with E-state index in [9.17, 15) is 13.6 Å². The second-order valence-electron chi connectivity index (χ2n) is 5.41. The van der Waals surface area contributed by atoms with Crippen molar-refractivity contribution >= 4 is 27.5 Å². The fourth-order valence-corrected chi connectivity index (χ4v) is 3.30. The average molecular weight is 366 g/mol. The van der Waals surface area contributed by atoms with Crippen molar-refractivity contribution in [2.75, 3.05) is 11.4 Å². The van der Waals surface area contributed by atoms with Crippen LogP contribution in [0.5, 0.6) is 0 Å². The van der Waals surface area contributed by atoms with Gasteiger partial charge in [-0.3, -0.25) is 4.79 Å². The van der Waals surface area contributed by atoms with Crippen molar-refractivity contribution in [3.8, 4) is 0 Å². The number of rotatable bonds is 1. The minimum Gasteiger partial charge on any atom is -0.305 e. The summed E-state index contributed by atoms with van der Waals surface area (Å²) in [6, 6.07) is 7.27. The van der Waals surface area contributed by atoms with Gasteiger partial charge in [0.25, 0.3) is 5.91 Å². The van der Waals surface area contributed by atoms with Crippen LogP contribution in [0.4, 0.5) is 14.5 Å². The molecule has 2 nitrogen and oxygen atoms in total. The summed E-state index contributed by atoms with van der Waals surface area (Å²) in [5, 5.41) is 0. The standard InChI is InChI=1S/C17H14BrF2NO/c1-10-4-5-13(19)9-14(10)17(22)21-6-2-3-11-7-12(18)8-15(20)16(11)21/h4-5,7-9H,2-3,6H2,1H3. The minimum absolute atomic E-state index is 0.273. The fraction of sp³-hybridized carbons (Fsp3) is 0.235. The quantitative estimate of drug-likeness (QED) is 0.721. The Morgan fingerprint density at radius 1 is 1.23 bits per heavy atom. The number of anilines is 1. The molecule has 2 aromatic carbocycles. The van der Waals surface area contributed by atoms with Gasteiger partial charge in [-0.2, -0.15) is 0 Å². The Morgan fingerprint density at radius 3 is 2.77 bits per heavy atom. The number of aryl methyl sites for hydroxylation is 2. The number of hydrogen-bond acceptors (Lipinski definition) is 1. The first-order valence-electron chi connectivity index (χ1n) is 7.03. The predicted molar refractivity (Wildman–Crippen MR) is 85.2 cm³/mol. The highest BCUT2D eigenvalue weighted by molar-refractivity contribution is 9.10. The van der Waals surface area contributed by atoms with E-state index in [4.69, 9.17) is 0 Å². The Hall–Kier alpha value is -1.75. The third-order valence-corrected chi connectivity index (χ3v) is 4.34. The smallest absolute Gasteiger partial charge is 0.258 e. The van der Waals surface area contributed by atoms with Gasteiger partial charge in [0.1, 0.15) is 11.6 Å². The predicted octanol–water partition coefficient (Wildman–Crippen LogP) is 4.63. The van der Waals surface area contributed by atoms with Gasteiger partial charge < -0.3 is 4.90 Å². The lowest BCUT2D eigenvalue weighted by Crippen LogP contribution is -2.36. The first-order chi connectivity index (χ1) is 10.5. The number of carbonyl (C=O) groups excluding carboxylic acids is 1. The lowest BCUT2D eigenvalue weighted by atomic mass is 9.99. The average Bonchev–Trinajstić information content (AvgIpc) is 2.48. The van der Waals surface area contributed by atoms with Crippen LogP contribution in [0.15, 0.2) is 34.8 Å². The molecule has 0 atom stereocenters. The van der Waals surface area contributed by atoms with E-state index in [2.05, 4.69) is 15.9 Å². The van der Waals surface area contributed by atoms with Gasteiger partial charge in [0.15, 0.2) is 0 Å². The maximum absolute atomic E-state index is 14.3. The number of fused-ring (bicyclic) bond motifs is 1. The van der Waals surface area contributed by atoms with Gasteiger partial charge in [-0.25, -0.2) is 8.78 Å². The summed E-state index contributed by atoms with van der Waals surface area (Å²) in [6.07, 6.45) is 1.47. The van der Waals surface area contributed by atoms with E-state index >= 15 is 0 Å². The van der Waals surface area contributed by atoms with Crippen molar-refractivity contribution in [3.63, 3.8) is 0 Å². The first kappa shape index (κ1) is 15.2. The topological polar surface area (TPSA) is 20.3 Å². The van der Waals surface area contributed by atoms with Crippen LogP contribution in [0.3, 0.4) is 0 Å². The second kappa shape index (κ2) is 5.80. The highest BCUT2D eigenvalue weighted by Gasteiger charge is 2.28. The molecule has 0 spiro atoms. The Bertz CT molecular complexity index is 761. The summed E-state index contributed by atoms with van der Waals surface area (Å²) in [7, 11) is 0. The SMILES string of the molecule is Cc1ccc(F)cc1C(=O)N1CCCc2cc(Br)cc(F)c21. The molecule has 0 saturated carbocycles. The maximum Gasteiger partial charge on any atom is 0.258 e. The summed E-state index contributed by atoms with van der Waals surface area (Å²) in [5.41, 5.74) is 2.05. The summed E-state index contributed by atoms with van der Waals surface area (Å²) in [6.45, 7) is 2.18. The van der Waals surface area contributed by atoms with Gasteiger partial charge in [-0.1, -0.05) is 22.0 Å². The van der Waals surface area contributed by atoms with E-state index in [0.717, 1.165) is 18.4 Å². The second-order valence-corrected chi connectivity index (χ2v) is 6.33. The summed E-state index contributed by atoms with van der Waals surface area (Å²) < 4.78 is 28.4. The summed E-state index contributed by atoms with van der Waals surface area (Å²) in [4.78, 5) is 14.2. The Balaban J connectivity index is 2.08. The van der Waals surface area contributed by atoms with Crippen LogP contribution >= 0.6 is 15.9 Å². The lowest BCUT2D eigenvalue weighted by molar-refractivity contribution is 0.0983. The van der Waals surface area contributed by atoms with Crippen LogP contribution in [0.2, 0.25) is 0 Å². The molecule has 2 aromatic rings. The van der Waals surface area contributed by atoms with Gasteiger partial charge in [0.2, 0.25) is 0 Å². The number of carbonyl (C=O) groups is 1. The number of nitrogens with zero attached hydrogens (tertiary/aromatic N) is 1. The van der Waals surface area contributed by atoms with Crippen molar-refractivity contribution < 1.29 is 13.6 Å². The molecular weight excluding hydrogens is 352 g/mol. The molecule has 0 radical (unpaired) electrons. The van der Waals surface area contributed by atoms with E-state index in [-0.39, 0.29) is 11.5 Å². The third-order valence-electron chi connectivity index (χ3n) is 3.88. The Kier molecular flexibility index (Phi) is 4.00. The van der Waals surface area contributed by atoms with E-state index < -0.39 is 11.6 Å². The van der Waals surface area contributed by atoms with Crippen molar-refractivity contribution in [1.29, 1.82) is 0 Å². The molecule has 0 aromatic heterocycles. The molecule has 1 aliphatic rings. The third kappa shape index (κ3) is 2.65. The molecule has 1 amide bonds. The van der Waals surface area contributed by atoms with Crippen molar-refractivity contribution in [2.45, 2.75) is 19.8 Å². The van der Waals surface area contributed by atoms with Gasteiger partial charge >= 0.3 is 0 Å². The minimum atomic E-state index is -0.470. The Labute approximate surface area is 135 Å². The molecule has 3 rings (SSSR count). The van der Waals surface area contributed by atoms with Crippen LogP contribution in [-0.2, 0) is 6.42 Å². The summed E-state index contributed by atoms with van der Waals surface area (Å²) >= 11 is 3.27. The molecule has 0 aliphatic carbocycles. The normalized spacial score (nSPS) is 13.9. The number of amides is 1. The van der Waals surface area contributed by atoms with Crippen LogP contribution < -0.4 is 4.90 Å². The van der Waals surface area contributed by atoms with Crippen molar-refractivity contribution in [1.82, 2.24) is 0 Å². The zero-order chi connectivity index (χ0) is 15.9. The van der Waals surface area contributed by atoms with E-state index in [1.54, 1.807) is 13.0 Å². The van der Waals surface area contributed by atoms with Crippen LogP contribution in [0.1, 0.15) is 27.9 Å². The molecule has 0 fully saturated rings. The van der Waals surface area contributed by atoms with Crippen LogP contribution in [0, 0.1) is 18.6 Å². The molecule has 114 valence electrons. The van der Waals surface area contributed by atoms with Gasteiger partial charge in [-0.15, -0.1) is 0 Å². The first-order valence-corrected chi connectivity index (χ1v) is 7.82. The number of hydrogen-bond donors (Lipinski definition) is 0. The van der Waals surface area contributed by atoms with Gasteiger partial charge in [0.05, 0.1) is 5.69 Å². The highest BCUT2D eigenvalue weighted by atomic mass is 79.9. The molecule has 1 heterocycles. The van der Waals surface area contributed by atoms with Gasteiger partial charge in [0, 0.05) is 16.6 Å². The van der Waals surface area contributed by atoms with Crippen molar-refractivity contribution in [3.05, 3.63) is 63.1 Å². The van der Waals surface area contributed by atoms with Gasteiger partial charge in [-0.05, 0) is 55.2 Å². The fourth-order valence-electron chi connectivity index (χ4n) is 2.82. The zero-order valence-corrected chi connectivity index (χ0v) is 13.6. The molecule has 22 heavy (non-hydrogen) atoms.